The molecule has 0 spiro atoms. The van der Waals surface area contributed by atoms with Crippen LogP contribution in [0.1, 0.15) is 39.3 Å². The lowest BCUT2D eigenvalue weighted by atomic mass is 9.99. The van der Waals surface area contributed by atoms with E-state index < -0.39 is 0 Å². The van der Waals surface area contributed by atoms with Gasteiger partial charge in [-0.3, -0.25) is 4.79 Å². The van der Waals surface area contributed by atoms with Gasteiger partial charge in [0.2, 0.25) is 5.91 Å². The van der Waals surface area contributed by atoms with Crippen LogP contribution < -0.4 is 5.32 Å². The summed E-state index contributed by atoms with van der Waals surface area (Å²) in [5.41, 5.74) is 0.874. The first-order chi connectivity index (χ1) is 9.54. The number of hydrogen-bond acceptors (Lipinski definition) is 4. The van der Waals surface area contributed by atoms with E-state index in [1.54, 1.807) is 4.68 Å². The number of hydrogen-bond donors (Lipinski definition) is 1. The average molecular weight is 279 g/mol. The lowest BCUT2D eigenvalue weighted by Crippen LogP contribution is -2.39. The van der Waals surface area contributed by atoms with E-state index in [9.17, 15) is 4.79 Å². The largest absolute Gasteiger partial charge is 0.341 e. The van der Waals surface area contributed by atoms with Gasteiger partial charge in [0.05, 0.1) is 11.9 Å². The molecule has 112 valence electrons. The van der Waals surface area contributed by atoms with Gasteiger partial charge in [-0.1, -0.05) is 26.0 Å². The number of nitrogens with one attached hydrogen (secondary N) is 1. The Labute approximate surface area is 120 Å². The molecule has 2 heterocycles. The number of nitrogens with zero attached hydrogens (tertiary/aromatic N) is 4. The topological polar surface area (TPSA) is 63.1 Å². The molecule has 1 fully saturated rings. The van der Waals surface area contributed by atoms with Crippen LogP contribution in [0, 0.1) is 5.92 Å². The second-order valence-electron chi connectivity index (χ2n) is 6.01. The summed E-state index contributed by atoms with van der Waals surface area (Å²) >= 11 is 0. The molecule has 2 rings (SSSR count). The minimum atomic E-state index is 0.144. The summed E-state index contributed by atoms with van der Waals surface area (Å²) in [5.74, 6) is 0.879. The fraction of sp³-hybridized carbons (Fsp3) is 0.786. The van der Waals surface area contributed by atoms with Gasteiger partial charge in [0.25, 0.3) is 0 Å². The Morgan fingerprint density at radius 1 is 1.45 bits per heavy atom. The van der Waals surface area contributed by atoms with Gasteiger partial charge in [-0.25, -0.2) is 4.68 Å². The molecule has 0 unspecified atom stereocenters. The summed E-state index contributed by atoms with van der Waals surface area (Å²) in [6.07, 6.45) is 4.05. The minimum absolute atomic E-state index is 0.144. The summed E-state index contributed by atoms with van der Waals surface area (Å²) in [5, 5.41) is 11.4. The van der Waals surface area contributed by atoms with Gasteiger partial charge in [-0.05, 0) is 18.8 Å². The quantitative estimate of drug-likeness (QED) is 0.874. The number of piperidine rings is 1. The van der Waals surface area contributed by atoms with E-state index in [-0.39, 0.29) is 5.91 Å². The van der Waals surface area contributed by atoms with E-state index in [0.29, 0.717) is 19.1 Å². The lowest BCUT2D eigenvalue weighted by molar-refractivity contribution is -0.133. The van der Waals surface area contributed by atoms with Gasteiger partial charge in [0, 0.05) is 25.7 Å². The number of rotatable bonds is 5. The molecule has 1 saturated heterocycles. The van der Waals surface area contributed by atoms with Gasteiger partial charge in [0.1, 0.15) is 6.54 Å². The van der Waals surface area contributed by atoms with Gasteiger partial charge in [-0.15, -0.1) is 5.10 Å². The van der Waals surface area contributed by atoms with Crippen LogP contribution >= 0.6 is 0 Å². The highest BCUT2D eigenvalue weighted by Crippen LogP contribution is 2.16. The van der Waals surface area contributed by atoms with Crippen LogP contribution in [-0.4, -0.2) is 44.9 Å². The molecule has 6 nitrogen and oxygen atoms in total. The zero-order valence-corrected chi connectivity index (χ0v) is 12.7. The zero-order valence-electron chi connectivity index (χ0n) is 12.7. The van der Waals surface area contributed by atoms with Crippen LogP contribution in [0.4, 0.5) is 0 Å². The van der Waals surface area contributed by atoms with Gasteiger partial charge >= 0.3 is 0 Å². The molecule has 0 aliphatic carbocycles. The normalized spacial score (nSPS) is 16.9. The van der Waals surface area contributed by atoms with Crippen molar-refractivity contribution in [1.29, 1.82) is 0 Å². The fourth-order valence-electron chi connectivity index (χ4n) is 2.30. The van der Waals surface area contributed by atoms with Crippen molar-refractivity contribution in [2.24, 2.45) is 5.92 Å². The van der Waals surface area contributed by atoms with Crippen LogP contribution in [0.25, 0.3) is 0 Å². The van der Waals surface area contributed by atoms with Gasteiger partial charge in [0.15, 0.2) is 0 Å². The predicted molar refractivity (Wildman–Crippen MR) is 77.0 cm³/mol. The van der Waals surface area contributed by atoms with Crippen LogP contribution in [0.15, 0.2) is 6.20 Å². The maximum atomic E-state index is 12.2. The van der Waals surface area contributed by atoms with E-state index in [4.69, 9.17) is 0 Å². The third-order valence-corrected chi connectivity index (χ3v) is 3.71. The van der Waals surface area contributed by atoms with Gasteiger partial charge < -0.3 is 10.2 Å². The molecule has 1 amide bonds. The molecule has 0 atom stereocenters. The van der Waals surface area contributed by atoms with E-state index in [1.807, 2.05) is 11.1 Å². The second-order valence-corrected chi connectivity index (χ2v) is 6.01. The van der Waals surface area contributed by atoms with Crippen molar-refractivity contribution >= 4 is 5.91 Å². The van der Waals surface area contributed by atoms with Crippen molar-refractivity contribution < 1.29 is 4.79 Å². The lowest BCUT2D eigenvalue weighted by Gasteiger charge is -2.30. The molecule has 1 aliphatic rings. The van der Waals surface area contributed by atoms with Crippen molar-refractivity contribution in [2.45, 2.75) is 52.7 Å². The first-order valence-electron chi connectivity index (χ1n) is 7.44. The smallest absolute Gasteiger partial charge is 0.244 e. The molecule has 20 heavy (non-hydrogen) atoms. The number of aromatic nitrogens is 3. The molecule has 0 bridgehead atoms. The van der Waals surface area contributed by atoms with Crippen molar-refractivity contribution in [1.82, 2.24) is 25.2 Å². The van der Waals surface area contributed by atoms with E-state index in [0.717, 1.165) is 37.5 Å². The Balaban J connectivity index is 1.82. The molecular formula is C14H25N5O. The third kappa shape index (κ3) is 4.30. The molecule has 0 radical (unpaired) electrons. The summed E-state index contributed by atoms with van der Waals surface area (Å²) in [4.78, 5) is 14.1. The third-order valence-electron chi connectivity index (χ3n) is 3.71. The summed E-state index contributed by atoms with van der Waals surface area (Å²) in [6.45, 7) is 9.15. The Hall–Kier alpha value is -1.43. The van der Waals surface area contributed by atoms with Crippen LogP contribution in [0.3, 0.4) is 0 Å². The van der Waals surface area contributed by atoms with Gasteiger partial charge in [-0.2, -0.15) is 0 Å². The molecular weight excluding hydrogens is 254 g/mol. The zero-order chi connectivity index (χ0) is 14.5. The standard InChI is InChI=1S/C14H25N5O/c1-11(2)15-8-13-9-19(17-16-13)10-14(20)18-6-4-12(3)5-7-18/h9,11-12,15H,4-8,10H2,1-3H3. The second kappa shape index (κ2) is 6.83. The number of carbonyl (C=O) groups excluding carboxylic acids is 1. The predicted octanol–water partition coefficient (Wildman–Crippen LogP) is 1.03. The average Bonchev–Trinajstić information content (AvgIpc) is 2.84. The van der Waals surface area contributed by atoms with Crippen molar-refractivity contribution in [3.05, 3.63) is 11.9 Å². The van der Waals surface area contributed by atoms with E-state index >= 15 is 0 Å². The van der Waals surface area contributed by atoms with Crippen LogP contribution in [0.2, 0.25) is 0 Å². The number of amides is 1. The number of likely N-dealkylation sites (tertiary alicyclic amines) is 1. The first kappa shape index (κ1) is 15.0. The molecule has 1 aliphatic heterocycles. The molecule has 0 saturated carbocycles. The maximum absolute atomic E-state index is 12.2. The Kier molecular flexibility index (Phi) is 5.11. The first-order valence-corrected chi connectivity index (χ1v) is 7.44. The van der Waals surface area contributed by atoms with Crippen LogP contribution in [0.5, 0.6) is 0 Å². The van der Waals surface area contributed by atoms with Crippen molar-refractivity contribution in [3.63, 3.8) is 0 Å². The highest BCUT2D eigenvalue weighted by Gasteiger charge is 2.20. The molecule has 1 aromatic rings. The Bertz CT molecular complexity index is 435. The monoisotopic (exact) mass is 279 g/mol. The Morgan fingerprint density at radius 2 is 2.15 bits per heavy atom. The van der Waals surface area contributed by atoms with Crippen LogP contribution in [-0.2, 0) is 17.9 Å². The Morgan fingerprint density at radius 3 is 2.80 bits per heavy atom. The SMILES string of the molecule is CC1CCN(C(=O)Cn2cc(CNC(C)C)nn2)CC1. The molecule has 1 N–H and O–H groups in total. The maximum Gasteiger partial charge on any atom is 0.244 e. The molecule has 6 heteroatoms. The summed E-state index contributed by atoms with van der Waals surface area (Å²) in [6, 6.07) is 0.414. The molecule has 1 aromatic heterocycles. The van der Waals surface area contributed by atoms with Crippen molar-refractivity contribution in [3.8, 4) is 0 Å². The van der Waals surface area contributed by atoms with E-state index in [1.165, 1.54) is 0 Å². The summed E-state index contributed by atoms with van der Waals surface area (Å²) in [7, 11) is 0. The fourth-order valence-corrected chi connectivity index (χ4v) is 2.30. The summed E-state index contributed by atoms with van der Waals surface area (Å²) < 4.78 is 1.64. The van der Waals surface area contributed by atoms with Crippen molar-refractivity contribution in [2.75, 3.05) is 13.1 Å². The highest BCUT2D eigenvalue weighted by atomic mass is 16.2. The molecule has 0 aromatic carbocycles. The highest BCUT2D eigenvalue weighted by molar-refractivity contribution is 5.75. The minimum Gasteiger partial charge on any atom is -0.341 e. The number of carbonyl (C=O) groups is 1. The van der Waals surface area contributed by atoms with E-state index in [2.05, 4.69) is 36.4 Å².